The van der Waals surface area contributed by atoms with Gasteiger partial charge in [-0.3, -0.25) is 9.48 Å². The molecule has 21 heavy (non-hydrogen) atoms. The summed E-state index contributed by atoms with van der Waals surface area (Å²) in [5.74, 6) is -0.111. The Morgan fingerprint density at radius 1 is 1.48 bits per heavy atom. The van der Waals surface area contributed by atoms with E-state index in [4.69, 9.17) is 4.74 Å². The second-order valence-corrected chi connectivity index (χ2v) is 6.47. The van der Waals surface area contributed by atoms with E-state index in [-0.39, 0.29) is 23.5 Å². The van der Waals surface area contributed by atoms with Gasteiger partial charge < -0.3 is 15.2 Å². The van der Waals surface area contributed by atoms with Crippen LogP contribution in [0.15, 0.2) is 6.07 Å². The fourth-order valence-electron chi connectivity index (χ4n) is 4.00. The van der Waals surface area contributed by atoms with Crippen LogP contribution in [-0.4, -0.2) is 46.2 Å². The summed E-state index contributed by atoms with van der Waals surface area (Å²) >= 11 is 0. The van der Waals surface area contributed by atoms with E-state index in [0.29, 0.717) is 25.3 Å². The minimum absolute atomic E-state index is 0.0421. The third-order valence-corrected chi connectivity index (χ3v) is 5.44. The number of carbonyl (C=O) groups excluding carboxylic acids is 1. The molecule has 3 heterocycles. The van der Waals surface area contributed by atoms with E-state index in [1.807, 2.05) is 10.7 Å². The van der Waals surface area contributed by atoms with E-state index < -0.39 is 0 Å². The molecule has 3 aliphatic rings. The van der Waals surface area contributed by atoms with Crippen molar-refractivity contribution >= 4 is 5.91 Å². The van der Waals surface area contributed by atoms with E-state index in [1.54, 1.807) is 0 Å². The molecule has 1 saturated carbocycles. The maximum Gasteiger partial charge on any atom is 0.272 e. The van der Waals surface area contributed by atoms with Gasteiger partial charge in [0.05, 0.1) is 6.10 Å². The summed E-state index contributed by atoms with van der Waals surface area (Å²) < 4.78 is 7.31. The summed E-state index contributed by atoms with van der Waals surface area (Å²) in [6.07, 6.45) is 4.07. The van der Waals surface area contributed by atoms with Crippen LogP contribution in [0.3, 0.4) is 0 Å². The molecule has 1 spiro atoms. The molecule has 2 atom stereocenters. The van der Waals surface area contributed by atoms with Gasteiger partial charge in [0, 0.05) is 36.9 Å². The van der Waals surface area contributed by atoms with Gasteiger partial charge in [-0.2, -0.15) is 5.10 Å². The van der Waals surface area contributed by atoms with E-state index in [9.17, 15) is 9.90 Å². The highest BCUT2D eigenvalue weighted by Gasteiger charge is 2.55. The lowest BCUT2D eigenvalue weighted by Crippen LogP contribution is -2.65. The van der Waals surface area contributed by atoms with Crippen LogP contribution in [0.4, 0.5) is 0 Å². The lowest BCUT2D eigenvalue weighted by molar-refractivity contribution is -0.145. The fraction of sp³-hybridized carbons (Fsp3) is 0.733. The number of aliphatic hydroxyl groups excluding tert-OH is 1. The van der Waals surface area contributed by atoms with Crippen molar-refractivity contribution in [2.24, 2.45) is 5.41 Å². The average molecular weight is 291 g/mol. The third-order valence-electron chi connectivity index (χ3n) is 5.44. The zero-order valence-corrected chi connectivity index (χ0v) is 12.0. The predicted octanol–water partition coefficient (Wildman–Crippen LogP) is 0.489. The Balaban J connectivity index is 1.46. The molecule has 2 N–H and O–H groups in total. The number of nitrogens with zero attached hydrogens (tertiary/aromatic N) is 2. The van der Waals surface area contributed by atoms with Crippen molar-refractivity contribution in [3.63, 3.8) is 0 Å². The lowest BCUT2D eigenvalue weighted by Gasteiger charge is -2.55. The topological polar surface area (TPSA) is 76.4 Å². The minimum Gasteiger partial charge on any atom is -0.392 e. The SMILES string of the molecule is O=C(N[C@@H]1C[C@@H](O)C12CCOCC2)c1cc2n(n1)CCC2. The molecule has 2 fully saturated rings. The normalized spacial score (nSPS) is 30.0. The monoisotopic (exact) mass is 291 g/mol. The molecule has 1 amide bonds. The summed E-state index contributed by atoms with van der Waals surface area (Å²) in [6.45, 7) is 2.25. The molecule has 1 saturated heterocycles. The first-order valence-corrected chi connectivity index (χ1v) is 7.82. The standard InChI is InChI=1S/C15H21N3O3/c19-13-9-12(15(13)3-6-21-7-4-15)16-14(20)11-8-10-2-1-5-18(10)17-11/h8,12-13,19H,1-7,9H2,(H,16,20)/t12-,13-/m1/s1. The third kappa shape index (κ3) is 2.00. The number of aromatic nitrogens is 2. The number of fused-ring (bicyclic) bond motifs is 1. The molecule has 2 aliphatic heterocycles. The molecule has 6 nitrogen and oxygen atoms in total. The first-order valence-electron chi connectivity index (χ1n) is 7.82. The first kappa shape index (κ1) is 13.3. The summed E-state index contributed by atoms with van der Waals surface area (Å²) in [6, 6.07) is 1.94. The molecule has 114 valence electrons. The summed E-state index contributed by atoms with van der Waals surface area (Å²) in [7, 11) is 0. The molecule has 0 radical (unpaired) electrons. The second-order valence-electron chi connectivity index (χ2n) is 6.47. The Morgan fingerprint density at radius 3 is 3.00 bits per heavy atom. The van der Waals surface area contributed by atoms with Gasteiger partial charge in [-0.05, 0) is 38.2 Å². The molecule has 6 heteroatoms. The van der Waals surface area contributed by atoms with E-state index in [0.717, 1.165) is 37.9 Å². The van der Waals surface area contributed by atoms with Gasteiger partial charge in [0.1, 0.15) is 5.69 Å². The predicted molar refractivity (Wildman–Crippen MR) is 74.9 cm³/mol. The molecular formula is C15H21N3O3. The van der Waals surface area contributed by atoms with E-state index >= 15 is 0 Å². The van der Waals surface area contributed by atoms with Crippen LogP contribution >= 0.6 is 0 Å². The Bertz CT molecular complexity index is 541. The van der Waals surface area contributed by atoms with Crippen LogP contribution in [0, 0.1) is 5.41 Å². The van der Waals surface area contributed by atoms with Gasteiger partial charge in [0.25, 0.3) is 5.91 Å². The Labute approximate surface area is 123 Å². The van der Waals surface area contributed by atoms with Crippen molar-refractivity contribution < 1.29 is 14.6 Å². The Morgan fingerprint density at radius 2 is 2.29 bits per heavy atom. The highest BCUT2D eigenvalue weighted by atomic mass is 16.5. The van der Waals surface area contributed by atoms with Gasteiger partial charge >= 0.3 is 0 Å². The van der Waals surface area contributed by atoms with Crippen molar-refractivity contribution in [1.82, 2.24) is 15.1 Å². The molecule has 0 unspecified atom stereocenters. The van der Waals surface area contributed by atoms with Crippen molar-refractivity contribution in [2.75, 3.05) is 13.2 Å². The number of amides is 1. The van der Waals surface area contributed by atoms with Crippen LogP contribution in [-0.2, 0) is 17.7 Å². The van der Waals surface area contributed by atoms with Crippen LogP contribution < -0.4 is 5.32 Å². The number of ether oxygens (including phenoxy) is 1. The molecule has 0 bridgehead atoms. The summed E-state index contributed by atoms with van der Waals surface area (Å²) in [5.41, 5.74) is 1.47. The highest BCUT2D eigenvalue weighted by Crippen LogP contribution is 2.49. The number of hydrogen-bond donors (Lipinski definition) is 2. The number of aliphatic hydroxyl groups is 1. The Hall–Kier alpha value is -1.40. The van der Waals surface area contributed by atoms with Crippen LogP contribution in [0.1, 0.15) is 41.9 Å². The fourth-order valence-corrected chi connectivity index (χ4v) is 4.00. The van der Waals surface area contributed by atoms with Crippen LogP contribution in [0.25, 0.3) is 0 Å². The number of aryl methyl sites for hydroxylation is 2. The minimum atomic E-state index is -0.321. The number of rotatable bonds is 2. The molecule has 0 aromatic carbocycles. The lowest BCUT2D eigenvalue weighted by atomic mass is 9.58. The number of hydrogen-bond acceptors (Lipinski definition) is 4. The van der Waals surface area contributed by atoms with E-state index in [2.05, 4.69) is 10.4 Å². The van der Waals surface area contributed by atoms with Crippen molar-refractivity contribution in [1.29, 1.82) is 0 Å². The molecule has 4 rings (SSSR count). The maximum atomic E-state index is 12.4. The van der Waals surface area contributed by atoms with Crippen LogP contribution in [0.2, 0.25) is 0 Å². The average Bonchev–Trinajstić information content (AvgIpc) is 3.09. The van der Waals surface area contributed by atoms with Crippen molar-refractivity contribution in [2.45, 2.75) is 50.8 Å². The Kier molecular flexibility index (Phi) is 3.04. The van der Waals surface area contributed by atoms with E-state index in [1.165, 1.54) is 0 Å². The second kappa shape index (κ2) is 4.81. The summed E-state index contributed by atoms with van der Waals surface area (Å²) in [5, 5.41) is 17.6. The largest absolute Gasteiger partial charge is 0.392 e. The molecule has 1 aromatic rings. The van der Waals surface area contributed by atoms with Gasteiger partial charge in [0.2, 0.25) is 0 Å². The van der Waals surface area contributed by atoms with Gasteiger partial charge in [0.15, 0.2) is 0 Å². The molecule has 1 aliphatic carbocycles. The van der Waals surface area contributed by atoms with Gasteiger partial charge in [-0.15, -0.1) is 0 Å². The quantitative estimate of drug-likeness (QED) is 0.831. The molecule has 1 aromatic heterocycles. The zero-order chi connectivity index (χ0) is 14.4. The zero-order valence-electron chi connectivity index (χ0n) is 12.0. The van der Waals surface area contributed by atoms with Gasteiger partial charge in [-0.1, -0.05) is 0 Å². The van der Waals surface area contributed by atoms with Crippen molar-refractivity contribution in [3.05, 3.63) is 17.5 Å². The molecular weight excluding hydrogens is 270 g/mol. The number of nitrogens with one attached hydrogen (secondary N) is 1. The van der Waals surface area contributed by atoms with Gasteiger partial charge in [-0.25, -0.2) is 0 Å². The van der Waals surface area contributed by atoms with Crippen LogP contribution in [0.5, 0.6) is 0 Å². The maximum absolute atomic E-state index is 12.4. The van der Waals surface area contributed by atoms with Crippen molar-refractivity contribution in [3.8, 4) is 0 Å². The highest BCUT2D eigenvalue weighted by molar-refractivity contribution is 5.92. The first-order chi connectivity index (χ1) is 10.2. The number of carbonyl (C=O) groups is 1. The smallest absolute Gasteiger partial charge is 0.272 e. The summed E-state index contributed by atoms with van der Waals surface area (Å²) in [4.78, 5) is 12.4.